The maximum absolute atomic E-state index is 15.7. The lowest BCUT2D eigenvalue weighted by molar-refractivity contribution is 0.384. The zero-order chi connectivity index (χ0) is 27.8. The molecule has 1 heterocycles. The highest BCUT2D eigenvalue weighted by molar-refractivity contribution is 7.08. The second-order valence-corrected chi connectivity index (χ2v) is 9.46. The van der Waals surface area contributed by atoms with Crippen molar-refractivity contribution in [1.82, 2.24) is 0 Å². The molecule has 0 N–H and O–H groups in total. The summed E-state index contributed by atoms with van der Waals surface area (Å²) >= 11 is 0. The fourth-order valence-corrected chi connectivity index (χ4v) is 5.53. The predicted molar refractivity (Wildman–Crippen MR) is 151 cm³/mol. The van der Waals surface area contributed by atoms with Crippen molar-refractivity contribution in [3.8, 4) is 0 Å². The summed E-state index contributed by atoms with van der Waals surface area (Å²) in [6, 6.07) is 36.5. The topological polar surface area (TPSA) is 0 Å². The van der Waals surface area contributed by atoms with E-state index in [1.165, 1.54) is 0 Å². The van der Waals surface area contributed by atoms with Crippen LogP contribution in [0.25, 0.3) is 22.1 Å². The smallest absolute Gasteiger partial charge is 0.204 e. The van der Waals surface area contributed by atoms with E-state index < -0.39 is 41.3 Å². The van der Waals surface area contributed by atoms with E-state index in [4.69, 9.17) is 0 Å². The van der Waals surface area contributed by atoms with Crippen LogP contribution in [0.1, 0.15) is 22.3 Å². The maximum Gasteiger partial charge on any atom is 0.252 e. The zero-order valence-electron chi connectivity index (χ0n) is 21.0. The summed E-state index contributed by atoms with van der Waals surface area (Å²) in [5.74, 6) is -9.81. The van der Waals surface area contributed by atoms with E-state index >= 15 is 8.78 Å². The van der Waals surface area contributed by atoms with Crippen molar-refractivity contribution in [2.24, 2.45) is 0 Å². The van der Waals surface area contributed by atoms with Crippen LogP contribution in [-0.4, -0.2) is 6.71 Å². The summed E-state index contributed by atoms with van der Waals surface area (Å²) in [5, 5.41) is 0. The molecule has 0 aliphatic carbocycles. The Kier molecular flexibility index (Phi) is 6.68. The first-order valence-corrected chi connectivity index (χ1v) is 12.7. The van der Waals surface area contributed by atoms with Crippen LogP contribution in [0, 0.1) is 29.1 Å². The van der Waals surface area contributed by atoms with Crippen molar-refractivity contribution in [3.05, 3.63) is 173 Å². The molecule has 0 fully saturated rings. The zero-order valence-corrected chi connectivity index (χ0v) is 21.0. The van der Waals surface area contributed by atoms with E-state index in [-0.39, 0.29) is 0 Å². The van der Waals surface area contributed by atoms with Gasteiger partial charge in [0.2, 0.25) is 0 Å². The lowest BCUT2D eigenvalue weighted by Gasteiger charge is -2.20. The molecule has 0 bridgehead atoms. The van der Waals surface area contributed by atoms with Gasteiger partial charge in [-0.1, -0.05) is 132 Å². The van der Waals surface area contributed by atoms with E-state index in [1.54, 1.807) is 60.7 Å². The van der Waals surface area contributed by atoms with E-state index in [0.29, 0.717) is 33.2 Å². The summed E-state index contributed by atoms with van der Waals surface area (Å²) in [7, 11) is 0. The van der Waals surface area contributed by atoms with Crippen molar-refractivity contribution in [3.63, 3.8) is 0 Å². The molecule has 1 aliphatic heterocycles. The molecule has 0 saturated heterocycles. The molecule has 1 aliphatic rings. The first-order chi connectivity index (χ1) is 19.5. The van der Waals surface area contributed by atoms with Gasteiger partial charge >= 0.3 is 0 Å². The van der Waals surface area contributed by atoms with Gasteiger partial charge in [0.15, 0.2) is 29.1 Å². The Morgan fingerprint density at radius 1 is 0.325 bits per heavy atom. The first-order valence-electron chi connectivity index (χ1n) is 12.7. The average Bonchev–Trinajstić information content (AvgIpc) is 3.36. The van der Waals surface area contributed by atoms with Gasteiger partial charge in [-0.25, -0.2) is 22.0 Å². The molecule has 5 aromatic carbocycles. The second kappa shape index (κ2) is 10.5. The molecule has 0 radical (unpaired) electrons. The van der Waals surface area contributed by atoms with Crippen molar-refractivity contribution < 1.29 is 22.0 Å². The Balaban J connectivity index is 1.84. The third-order valence-electron chi connectivity index (χ3n) is 7.19. The lowest BCUT2D eigenvalue weighted by Crippen LogP contribution is -2.39. The van der Waals surface area contributed by atoms with Crippen LogP contribution >= 0.6 is 0 Å². The maximum atomic E-state index is 15.7. The number of rotatable bonds is 5. The van der Waals surface area contributed by atoms with Crippen molar-refractivity contribution in [2.45, 2.75) is 0 Å². The van der Waals surface area contributed by atoms with E-state index in [1.807, 2.05) is 60.7 Å². The average molecular weight is 534 g/mol. The minimum Gasteiger partial charge on any atom is -0.204 e. The second-order valence-electron chi connectivity index (χ2n) is 9.46. The number of hydrogen-bond acceptors (Lipinski definition) is 0. The Bertz CT molecular complexity index is 1640. The van der Waals surface area contributed by atoms with Gasteiger partial charge in [-0.2, -0.15) is 0 Å². The molecular formula is C34H20BF5. The third-order valence-corrected chi connectivity index (χ3v) is 7.19. The van der Waals surface area contributed by atoms with Gasteiger partial charge in [-0.05, 0) is 33.4 Å². The number of allylic oxidation sites excluding steroid dienone is 2. The fourth-order valence-electron chi connectivity index (χ4n) is 5.53. The monoisotopic (exact) mass is 534 g/mol. The van der Waals surface area contributed by atoms with Gasteiger partial charge in [0.05, 0.1) is 0 Å². The van der Waals surface area contributed by atoms with Gasteiger partial charge in [-0.15, -0.1) is 0 Å². The van der Waals surface area contributed by atoms with Gasteiger partial charge in [0.1, 0.15) is 0 Å². The molecule has 0 amide bonds. The first kappa shape index (κ1) is 25.6. The van der Waals surface area contributed by atoms with Crippen LogP contribution < -0.4 is 5.46 Å². The molecular weight excluding hydrogens is 514 g/mol. The SMILES string of the molecule is Fc1c(F)c(F)c(B2C(c3ccccc3)=C(c3ccccc3)C(c3ccccc3)=C2c2ccccc2)c(F)c1F. The van der Waals surface area contributed by atoms with Crippen molar-refractivity contribution >= 4 is 34.3 Å². The summed E-state index contributed by atoms with van der Waals surface area (Å²) in [4.78, 5) is 0. The molecule has 5 aromatic rings. The van der Waals surface area contributed by atoms with Gasteiger partial charge < -0.3 is 0 Å². The quantitative estimate of drug-likeness (QED) is 0.0920. The fraction of sp³-hybridized carbons (Fsp3) is 0. The third kappa shape index (κ3) is 4.17. The molecule has 6 rings (SSSR count). The molecule has 0 saturated carbocycles. The molecule has 194 valence electrons. The number of halogens is 5. The van der Waals surface area contributed by atoms with Crippen molar-refractivity contribution in [1.29, 1.82) is 0 Å². The van der Waals surface area contributed by atoms with E-state index in [9.17, 15) is 13.2 Å². The van der Waals surface area contributed by atoms with Crippen LogP contribution in [0.4, 0.5) is 22.0 Å². The van der Waals surface area contributed by atoms with Gasteiger partial charge in [0.25, 0.3) is 6.71 Å². The summed E-state index contributed by atoms with van der Waals surface area (Å²) in [5.41, 5.74) is 4.05. The van der Waals surface area contributed by atoms with Crippen molar-refractivity contribution in [2.75, 3.05) is 0 Å². The Morgan fingerprint density at radius 3 is 0.925 bits per heavy atom. The van der Waals surface area contributed by atoms with Crippen LogP contribution in [-0.2, 0) is 0 Å². The highest BCUT2D eigenvalue weighted by Gasteiger charge is 2.44. The normalized spacial score (nSPS) is 13.4. The standard InChI is InChI=1S/C34H20BF5/c36-30-29(31(37)33(39)34(40)32(30)38)35-27(23-17-9-3-10-18-23)25(21-13-5-1-6-14-21)26(22-15-7-2-8-16-22)28(35)24-19-11-4-12-20-24/h1-20H. The van der Waals surface area contributed by atoms with Gasteiger partial charge in [0, 0.05) is 5.46 Å². The number of benzene rings is 5. The van der Waals surface area contributed by atoms with Crippen LogP contribution in [0.5, 0.6) is 0 Å². The Morgan fingerprint density at radius 2 is 0.600 bits per heavy atom. The summed E-state index contributed by atoms with van der Waals surface area (Å²) in [6.45, 7) is -1.31. The van der Waals surface area contributed by atoms with Crippen LogP contribution in [0.3, 0.4) is 0 Å². The highest BCUT2D eigenvalue weighted by atomic mass is 19.2. The molecule has 0 nitrogen and oxygen atoms in total. The van der Waals surface area contributed by atoms with E-state index in [0.717, 1.165) is 11.1 Å². The number of hydrogen-bond donors (Lipinski definition) is 0. The minimum atomic E-state index is -2.18. The van der Waals surface area contributed by atoms with Crippen LogP contribution in [0.15, 0.2) is 121 Å². The Hall–Kier alpha value is -4.71. The van der Waals surface area contributed by atoms with E-state index in [2.05, 4.69) is 0 Å². The Labute approximate surface area is 228 Å². The lowest BCUT2D eigenvalue weighted by atomic mass is 9.35. The molecule has 40 heavy (non-hydrogen) atoms. The molecule has 0 unspecified atom stereocenters. The summed E-state index contributed by atoms with van der Waals surface area (Å²) < 4.78 is 75.2. The predicted octanol–water partition coefficient (Wildman–Crippen LogP) is 8.40. The highest BCUT2D eigenvalue weighted by Crippen LogP contribution is 2.51. The molecule has 0 atom stereocenters. The van der Waals surface area contributed by atoms with Crippen LogP contribution in [0.2, 0.25) is 0 Å². The van der Waals surface area contributed by atoms with Gasteiger partial charge in [-0.3, -0.25) is 0 Å². The summed E-state index contributed by atoms with van der Waals surface area (Å²) in [6.07, 6.45) is 0. The molecule has 0 aromatic heterocycles. The molecule has 6 heteroatoms. The molecule has 0 spiro atoms. The largest absolute Gasteiger partial charge is 0.252 e. The minimum absolute atomic E-state index is 0.452.